The SMILES string of the molecule is COC(=O)C(Cc1ccccc1)NS(=O)(=O)c1ccc(NC(=O)c2cc(Cc3ccccc3C(C)C)c(O)c(O)c2O)cc1. The molecule has 0 bridgehead atoms. The van der Waals surface area contributed by atoms with Crippen LogP contribution in [0.4, 0.5) is 5.69 Å². The number of nitrogens with one attached hydrogen (secondary N) is 2. The van der Waals surface area contributed by atoms with Crippen molar-refractivity contribution >= 4 is 27.6 Å². The first-order valence-corrected chi connectivity index (χ1v) is 15.3. The van der Waals surface area contributed by atoms with Crippen molar-refractivity contribution in [1.29, 1.82) is 0 Å². The molecule has 1 unspecified atom stereocenters. The van der Waals surface area contributed by atoms with Crippen LogP contribution in [0.5, 0.6) is 17.2 Å². The zero-order valence-corrected chi connectivity index (χ0v) is 25.3. The highest BCUT2D eigenvalue weighted by molar-refractivity contribution is 7.89. The molecule has 5 N–H and O–H groups in total. The van der Waals surface area contributed by atoms with E-state index in [2.05, 4.69) is 10.0 Å². The molecule has 4 rings (SSSR count). The topological polar surface area (TPSA) is 162 Å². The second-order valence-electron chi connectivity index (χ2n) is 10.5. The minimum absolute atomic E-state index is 0.0783. The normalized spacial score (nSPS) is 12.1. The van der Waals surface area contributed by atoms with E-state index in [0.717, 1.165) is 16.7 Å². The van der Waals surface area contributed by atoms with Gasteiger partial charge in [0.1, 0.15) is 6.04 Å². The van der Waals surface area contributed by atoms with Crippen LogP contribution in [0, 0.1) is 0 Å². The Morgan fingerprint density at radius 2 is 1.45 bits per heavy atom. The average Bonchev–Trinajstić information content (AvgIpc) is 3.01. The smallest absolute Gasteiger partial charge is 0.324 e. The van der Waals surface area contributed by atoms with Gasteiger partial charge in [0.25, 0.3) is 5.91 Å². The van der Waals surface area contributed by atoms with Gasteiger partial charge in [-0.2, -0.15) is 4.72 Å². The van der Waals surface area contributed by atoms with Crippen LogP contribution >= 0.6 is 0 Å². The molecule has 0 fully saturated rings. The third kappa shape index (κ3) is 7.36. The highest BCUT2D eigenvalue weighted by Gasteiger charge is 2.27. The van der Waals surface area contributed by atoms with Crippen molar-refractivity contribution in [1.82, 2.24) is 4.72 Å². The van der Waals surface area contributed by atoms with Gasteiger partial charge in [-0.1, -0.05) is 68.4 Å². The Balaban J connectivity index is 1.53. The number of hydrogen-bond donors (Lipinski definition) is 5. The third-order valence-electron chi connectivity index (χ3n) is 7.12. The number of rotatable bonds is 11. The molecule has 230 valence electrons. The van der Waals surface area contributed by atoms with Crippen molar-refractivity contribution in [3.63, 3.8) is 0 Å². The number of carbonyl (C=O) groups excluding carboxylic acids is 2. The Bertz CT molecular complexity index is 1760. The van der Waals surface area contributed by atoms with Gasteiger partial charge in [0.05, 0.1) is 17.6 Å². The molecule has 0 spiro atoms. The summed E-state index contributed by atoms with van der Waals surface area (Å²) in [5.41, 5.74) is 2.81. The molecule has 0 saturated heterocycles. The van der Waals surface area contributed by atoms with Gasteiger partial charge in [0.2, 0.25) is 15.8 Å². The first-order valence-electron chi connectivity index (χ1n) is 13.8. The zero-order chi connectivity index (χ0) is 32.0. The van der Waals surface area contributed by atoms with Crippen LogP contribution in [0.2, 0.25) is 0 Å². The van der Waals surface area contributed by atoms with Gasteiger partial charge in [0.15, 0.2) is 11.5 Å². The Morgan fingerprint density at radius 3 is 2.09 bits per heavy atom. The lowest BCUT2D eigenvalue weighted by Gasteiger charge is -2.17. The molecular weight excluding hydrogens is 584 g/mol. The summed E-state index contributed by atoms with van der Waals surface area (Å²) in [6.07, 6.45) is 0.277. The number of esters is 1. The Morgan fingerprint density at radius 1 is 0.818 bits per heavy atom. The van der Waals surface area contributed by atoms with Gasteiger partial charge < -0.3 is 25.4 Å². The first kappa shape index (κ1) is 32.1. The molecule has 0 aliphatic heterocycles. The lowest BCUT2D eigenvalue weighted by molar-refractivity contribution is -0.142. The molecule has 1 atom stereocenters. The number of methoxy groups -OCH3 is 1. The summed E-state index contributed by atoms with van der Waals surface area (Å²) < 4.78 is 33.3. The van der Waals surface area contributed by atoms with Crippen molar-refractivity contribution in [3.8, 4) is 17.2 Å². The minimum Gasteiger partial charge on any atom is -0.504 e. The molecule has 11 heteroatoms. The van der Waals surface area contributed by atoms with Crippen LogP contribution in [0.25, 0.3) is 0 Å². The largest absolute Gasteiger partial charge is 0.504 e. The van der Waals surface area contributed by atoms with Crippen LogP contribution < -0.4 is 10.0 Å². The predicted octanol–water partition coefficient (Wildman–Crippen LogP) is 4.83. The first-order chi connectivity index (χ1) is 20.9. The van der Waals surface area contributed by atoms with Crippen molar-refractivity contribution < 1.29 is 38.1 Å². The predicted molar refractivity (Wildman–Crippen MR) is 165 cm³/mol. The minimum atomic E-state index is -4.16. The van der Waals surface area contributed by atoms with E-state index in [4.69, 9.17) is 4.74 Å². The number of amides is 1. The monoisotopic (exact) mass is 618 g/mol. The van der Waals surface area contributed by atoms with E-state index in [1.807, 2.05) is 38.1 Å². The van der Waals surface area contributed by atoms with E-state index < -0.39 is 45.2 Å². The number of carbonyl (C=O) groups is 2. The van der Waals surface area contributed by atoms with Crippen molar-refractivity contribution in [2.75, 3.05) is 12.4 Å². The molecular formula is C33H34N2O8S. The molecule has 10 nitrogen and oxygen atoms in total. The van der Waals surface area contributed by atoms with Gasteiger partial charge in [-0.05, 0) is 59.4 Å². The maximum absolute atomic E-state index is 13.1. The molecule has 1 amide bonds. The average molecular weight is 619 g/mol. The van der Waals surface area contributed by atoms with Crippen LogP contribution in [0.15, 0.2) is 89.8 Å². The second-order valence-corrected chi connectivity index (χ2v) is 12.2. The van der Waals surface area contributed by atoms with Crippen molar-refractivity contribution in [3.05, 3.63) is 113 Å². The van der Waals surface area contributed by atoms with Gasteiger partial charge in [0, 0.05) is 17.7 Å². The molecule has 4 aromatic carbocycles. The van der Waals surface area contributed by atoms with Crippen molar-refractivity contribution in [2.24, 2.45) is 0 Å². The van der Waals surface area contributed by atoms with E-state index in [1.54, 1.807) is 30.3 Å². The number of phenolic OH excluding ortho intramolecular Hbond substituents is 3. The zero-order valence-electron chi connectivity index (χ0n) is 24.4. The van der Waals surface area contributed by atoms with Crippen LogP contribution in [0.1, 0.15) is 52.4 Å². The summed E-state index contributed by atoms with van der Waals surface area (Å²) in [6.45, 7) is 4.06. The van der Waals surface area contributed by atoms with Crippen molar-refractivity contribution in [2.45, 2.75) is 43.5 Å². The fourth-order valence-corrected chi connectivity index (χ4v) is 6.00. The molecule has 0 radical (unpaired) electrons. The highest BCUT2D eigenvalue weighted by atomic mass is 32.2. The number of phenols is 3. The Labute approximate surface area is 256 Å². The van der Waals surface area contributed by atoms with Gasteiger partial charge in [-0.15, -0.1) is 0 Å². The van der Waals surface area contributed by atoms with Crippen LogP contribution in [0.3, 0.4) is 0 Å². The number of benzene rings is 4. The quantitative estimate of drug-likeness (QED) is 0.118. The maximum Gasteiger partial charge on any atom is 0.324 e. The summed E-state index contributed by atoms with van der Waals surface area (Å²) in [6, 6.07) is 21.8. The highest BCUT2D eigenvalue weighted by Crippen LogP contribution is 2.42. The standard InChI is InChI=1S/C33H34N2O8S/c1-20(2)26-12-8-7-11-22(26)18-23-19-27(30(37)31(38)29(23)36)32(39)34-24-13-15-25(16-14-24)44(41,42)35-28(33(40)43-3)17-21-9-5-4-6-10-21/h4-16,19-20,28,35-38H,17-18H2,1-3H3,(H,34,39). The fourth-order valence-electron chi connectivity index (χ4n) is 4.81. The molecule has 0 heterocycles. The molecule has 0 aromatic heterocycles. The summed E-state index contributed by atoms with van der Waals surface area (Å²) in [5.74, 6) is -3.49. The molecule has 44 heavy (non-hydrogen) atoms. The number of hydrogen-bond acceptors (Lipinski definition) is 8. The molecule has 0 aliphatic rings. The molecule has 0 saturated carbocycles. The third-order valence-corrected chi connectivity index (χ3v) is 8.60. The number of sulfonamides is 1. The van der Waals surface area contributed by atoms with E-state index in [0.29, 0.717) is 0 Å². The summed E-state index contributed by atoms with van der Waals surface area (Å²) in [4.78, 5) is 25.3. The Kier molecular flexibility index (Phi) is 9.92. The summed E-state index contributed by atoms with van der Waals surface area (Å²) >= 11 is 0. The van der Waals surface area contributed by atoms with E-state index in [-0.39, 0.29) is 40.5 Å². The van der Waals surface area contributed by atoms with Gasteiger partial charge in [-0.25, -0.2) is 8.42 Å². The number of anilines is 1. The number of aromatic hydroxyl groups is 3. The van der Waals surface area contributed by atoms with Crippen LogP contribution in [-0.2, 0) is 32.4 Å². The van der Waals surface area contributed by atoms with E-state index in [1.165, 1.54) is 37.4 Å². The molecule has 0 aliphatic carbocycles. The van der Waals surface area contributed by atoms with Crippen LogP contribution in [-0.4, -0.2) is 48.8 Å². The van der Waals surface area contributed by atoms with E-state index in [9.17, 15) is 33.3 Å². The lowest BCUT2D eigenvalue weighted by atomic mass is 9.92. The fraction of sp³-hybridized carbons (Fsp3) is 0.212. The van der Waals surface area contributed by atoms with Gasteiger partial charge >= 0.3 is 5.97 Å². The van der Waals surface area contributed by atoms with Gasteiger partial charge in [-0.3, -0.25) is 9.59 Å². The second kappa shape index (κ2) is 13.6. The number of ether oxygens (including phenoxy) is 1. The Hall–Kier alpha value is -4.87. The summed E-state index contributed by atoms with van der Waals surface area (Å²) in [5, 5.41) is 34.0. The summed E-state index contributed by atoms with van der Waals surface area (Å²) in [7, 11) is -2.99. The molecule has 4 aromatic rings. The maximum atomic E-state index is 13.1. The van der Waals surface area contributed by atoms with E-state index >= 15 is 0 Å². The lowest BCUT2D eigenvalue weighted by Crippen LogP contribution is -2.42.